The summed E-state index contributed by atoms with van der Waals surface area (Å²) >= 11 is 1.73. The van der Waals surface area contributed by atoms with Gasteiger partial charge < -0.3 is 4.90 Å². The molecular formula is C26H26N4OS. The molecule has 0 bridgehead atoms. The molecule has 5 nitrogen and oxygen atoms in total. The van der Waals surface area contributed by atoms with Crippen molar-refractivity contribution in [1.82, 2.24) is 19.9 Å². The van der Waals surface area contributed by atoms with Crippen LogP contribution in [0.15, 0.2) is 85.1 Å². The van der Waals surface area contributed by atoms with Crippen molar-refractivity contribution in [2.45, 2.75) is 26.4 Å². The SMILES string of the molecule is Cc1ccc(CN(CCc2ccccc2)C(=O)/C=C/c2cn(Cc3ccccc3)nn2)s1. The quantitative estimate of drug-likeness (QED) is 0.344. The van der Waals surface area contributed by atoms with Gasteiger partial charge in [0.15, 0.2) is 0 Å². The molecule has 0 spiro atoms. The van der Waals surface area contributed by atoms with Gasteiger partial charge in [0.2, 0.25) is 5.91 Å². The number of aromatic nitrogens is 3. The first-order valence-corrected chi connectivity index (χ1v) is 11.5. The zero-order valence-corrected chi connectivity index (χ0v) is 18.9. The van der Waals surface area contributed by atoms with Gasteiger partial charge in [0.25, 0.3) is 0 Å². The highest BCUT2D eigenvalue weighted by molar-refractivity contribution is 7.11. The lowest BCUT2D eigenvalue weighted by Crippen LogP contribution is -2.30. The maximum absolute atomic E-state index is 13.0. The minimum atomic E-state index is -0.0235. The van der Waals surface area contributed by atoms with Crippen LogP contribution in [0.3, 0.4) is 0 Å². The molecule has 2 aromatic heterocycles. The first-order valence-electron chi connectivity index (χ1n) is 10.7. The average Bonchev–Trinajstić information content (AvgIpc) is 3.44. The second-order valence-corrected chi connectivity index (χ2v) is 9.04. The molecule has 4 aromatic rings. The number of hydrogen-bond donors (Lipinski definition) is 0. The lowest BCUT2D eigenvalue weighted by Gasteiger charge is -2.20. The molecule has 6 heteroatoms. The zero-order valence-electron chi connectivity index (χ0n) is 18.1. The number of rotatable bonds is 9. The normalized spacial score (nSPS) is 11.2. The summed E-state index contributed by atoms with van der Waals surface area (Å²) in [5, 5.41) is 8.35. The van der Waals surface area contributed by atoms with E-state index in [0.29, 0.717) is 25.3 Å². The van der Waals surface area contributed by atoms with E-state index in [9.17, 15) is 4.79 Å². The Balaban J connectivity index is 1.42. The van der Waals surface area contributed by atoms with Crippen LogP contribution in [0.2, 0.25) is 0 Å². The van der Waals surface area contributed by atoms with E-state index in [-0.39, 0.29) is 5.91 Å². The monoisotopic (exact) mass is 442 g/mol. The van der Waals surface area contributed by atoms with Gasteiger partial charge in [-0.15, -0.1) is 16.4 Å². The standard InChI is InChI=1S/C26H26N4OS/c1-21-12-14-25(32-21)20-29(17-16-22-8-4-2-5-9-22)26(31)15-13-24-19-30(28-27-24)18-23-10-6-3-7-11-23/h2-15,19H,16-18,20H2,1H3/b15-13+. The number of thiophene rings is 1. The van der Waals surface area contributed by atoms with Crippen LogP contribution in [0.1, 0.15) is 26.6 Å². The highest BCUT2D eigenvalue weighted by Gasteiger charge is 2.13. The Labute approximate surface area is 192 Å². The molecule has 2 heterocycles. The molecule has 0 aliphatic carbocycles. The molecule has 0 aliphatic rings. The van der Waals surface area contributed by atoms with Crippen LogP contribution in [0.5, 0.6) is 0 Å². The predicted molar refractivity (Wildman–Crippen MR) is 129 cm³/mol. The minimum Gasteiger partial charge on any atom is -0.334 e. The average molecular weight is 443 g/mol. The number of amides is 1. The van der Waals surface area contributed by atoms with E-state index in [4.69, 9.17) is 0 Å². The van der Waals surface area contributed by atoms with Gasteiger partial charge >= 0.3 is 0 Å². The number of aryl methyl sites for hydroxylation is 1. The molecule has 2 aromatic carbocycles. The summed E-state index contributed by atoms with van der Waals surface area (Å²) in [5.74, 6) is -0.0235. The number of benzene rings is 2. The highest BCUT2D eigenvalue weighted by Crippen LogP contribution is 2.18. The van der Waals surface area contributed by atoms with Crippen LogP contribution in [0.4, 0.5) is 0 Å². The molecular weight excluding hydrogens is 416 g/mol. The van der Waals surface area contributed by atoms with Crippen LogP contribution in [-0.2, 0) is 24.3 Å². The molecule has 0 saturated carbocycles. The Hall–Kier alpha value is -3.51. The van der Waals surface area contributed by atoms with Gasteiger partial charge in [0.05, 0.1) is 19.3 Å². The third-order valence-electron chi connectivity index (χ3n) is 5.11. The van der Waals surface area contributed by atoms with Crippen molar-refractivity contribution < 1.29 is 4.79 Å². The Morgan fingerprint density at radius 2 is 1.72 bits per heavy atom. The van der Waals surface area contributed by atoms with Crippen molar-refractivity contribution in [2.75, 3.05) is 6.54 Å². The van der Waals surface area contributed by atoms with Gasteiger partial charge in [-0.25, -0.2) is 4.68 Å². The van der Waals surface area contributed by atoms with E-state index in [2.05, 4.69) is 53.6 Å². The summed E-state index contributed by atoms with van der Waals surface area (Å²) in [5.41, 5.74) is 3.05. The number of carbonyl (C=O) groups is 1. The summed E-state index contributed by atoms with van der Waals surface area (Å²) in [4.78, 5) is 17.4. The Kier molecular flexibility index (Phi) is 7.25. The van der Waals surface area contributed by atoms with Gasteiger partial charge in [-0.05, 0) is 42.7 Å². The van der Waals surface area contributed by atoms with Crippen molar-refractivity contribution >= 4 is 23.3 Å². The molecule has 0 N–H and O–H groups in total. The summed E-state index contributed by atoms with van der Waals surface area (Å²) in [7, 11) is 0. The maximum atomic E-state index is 13.0. The molecule has 4 rings (SSSR count). The molecule has 0 radical (unpaired) electrons. The van der Waals surface area contributed by atoms with Crippen LogP contribution >= 0.6 is 11.3 Å². The van der Waals surface area contributed by atoms with E-state index < -0.39 is 0 Å². The lowest BCUT2D eigenvalue weighted by atomic mass is 10.1. The zero-order chi connectivity index (χ0) is 22.2. The molecule has 0 aliphatic heterocycles. The van der Waals surface area contributed by atoms with Crippen molar-refractivity contribution in [3.05, 3.63) is 112 Å². The topological polar surface area (TPSA) is 51.0 Å². The number of carbonyl (C=O) groups excluding carboxylic acids is 1. The largest absolute Gasteiger partial charge is 0.334 e. The van der Waals surface area contributed by atoms with E-state index in [1.165, 1.54) is 15.3 Å². The van der Waals surface area contributed by atoms with Crippen LogP contribution < -0.4 is 0 Å². The van der Waals surface area contributed by atoms with Crippen molar-refractivity contribution in [1.29, 1.82) is 0 Å². The fourth-order valence-corrected chi connectivity index (χ4v) is 4.34. The van der Waals surface area contributed by atoms with Gasteiger partial charge in [-0.1, -0.05) is 65.9 Å². The molecule has 1 amide bonds. The van der Waals surface area contributed by atoms with Gasteiger partial charge in [-0.2, -0.15) is 0 Å². The molecule has 0 unspecified atom stereocenters. The first-order chi connectivity index (χ1) is 15.7. The maximum Gasteiger partial charge on any atom is 0.246 e. The van der Waals surface area contributed by atoms with E-state index in [1.54, 1.807) is 28.2 Å². The molecule has 0 atom stereocenters. The van der Waals surface area contributed by atoms with Gasteiger partial charge in [0, 0.05) is 22.4 Å². The number of hydrogen-bond acceptors (Lipinski definition) is 4. The van der Waals surface area contributed by atoms with Gasteiger partial charge in [-0.3, -0.25) is 4.79 Å². The van der Waals surface area contributed by atoms with Crippen molar-refractivity contribution in [3.63, 3.8) is 0 Å². The summed E-state index contributed by atoms with van der Waals surface area (Å²) in [6, 6.07) is 24.6. The second-order valence-electron chi connectivity index (χ2n) is 7.67. The summed E-state index contributed by atoms with van der Waals surface area (Å²) in [6.45, 7) is 4.00. The van der Waals surface area contributed by atoms with E-state index >= 15 is 0 Å². The summed E-state index contributed by atoms with van der Waals surface area (Å²) < 4.78 is 1.78. The Morgan fingerprint density at radius 1 is 1.00 bits per heavy atom. The first kappa shape index (κ1) is 21.7. The highest BCUT2D eigenvalue weighted by atomic mass is 32.1. The van der Waals surface area contributed by atoms with Crippen LogP contribution in [0, 0.1) is 6.92 Å². The van der Waals surface area contributed by atoms with Gasteiger partial charge in [0.1, 0.15) is 5.69 Å². The second kappa shape index (κ2) is 10.7. The third-order valence-corrected chi connectivity index (χ3v) is 6.09. The molecule has 32 heavy (non-hydrogen) atoms. The smallest absolute Gasteiger partial charge is 0.246 e. The van der Waals surface area contributed by atoms with Crippen molar-refractivity contribution in [2.24, 2.45) is 0 Å². The Morgan fingerprint density at radius 3 is 2.41 bits per heavy atom. The van der Waals surface area contributed by atoms with Crippen LogP contribution in [0.25, 0.3) is 6.08 Å². The predicted octanol–water partition coefficient (Wildman–Crippen LogP) is 4.98. The fraction of sp³-hybridized carbons (Fsp3) is 0.192. The number of nitrogens with zero attached hydrogens (tertiary/aromatic N) is 4. The molecule has 162 valence electrons. The molecule has 0 fully saturated rings. The fourth-order valence-electron chi connectivity index (χ4n) is 3.43. The minimum absolute atomic E-state index is 0.0235. The van der Waals surface area contributed by atoms with E-state index in [0.717, 1.165) is 12.0 Å². The van der Waals surface area contributed by atoms with E-state index in [1.807, 2.05) is 47.5 Å². The molecule has 0 saturated heterocycles. The third kappa shape index (κ3) is 6.25. The summed E-state index contributed by atoms with van der Waals surface area (Å²) in [6.07, 6.45) is 6.01. The lowest BCUT2D eigenvalue weighted by molar-refractivity contribution is -0.126. The van der Waals surface area contributed by atoms with Crippen molar-refractivity contribution in [3.8, 4) is 0 Å². The van der Waals surface area contributed by atoms with Crippen LogP contribution in [-0.4, -0.2) is 32.3 Å². The Bertz CT molecular complexity index is 1160.